The highest BCUT2D eigenvalue weighted by atomic mass is 15.4. The van der Waals surface area contributed by atoms with E-state index in [4.69, 9.17) is 11.6 Å². The van der Waals surface area contributed by atoms with Crippen LogP contribution >= 0.6 is 0 Å². The highest BCUT2D eigenvalue weighted by Crippen LogP contribution is 2.29. The van der Waals surface area contributed by atoms with E-state index < -0.39 is 0 Å². The van der Waals surface area contributed by atoms with E-state index in [0.717, 1.165) is 17.1 Å². The number of imidazole rings is 1. The fourth-order valence-corrected chi connectivity index (χ4v) is 1.90. The molecule has 0 amide bonds. The van der Waals surface area contributed by atoms with Gasteiger partial charge in [-0.2, -0.15) is 5.10 Å². The maximum Gasteiger partial charge on any atom is 0.150 e. The molecule has 0 saturated heterocycles. The first-order valence-electron chi connectivity index (χ1n) is 5.55. The number of nitrogen functional groups attached to an aromatic ring is 2. The fourth-order valence-electron chi connectivity index (χ4n) is 1.90. The summed E-state index contributed by atoms with van der Waals surface area (Å²) in [5, 5.41) is 4.28. The number of aryl methyl sites for hydroxylation is 2. The zero-order chi connectivity index (χ0) is 12.7. The van der Waals surface area contributed by atoms with E-state index in [-0.39, 0.29) is 5.92 Å². The van der Waals surface area contributed by atoms with Crippen molar-refractivity contribution in [2.45, 2.75) is 26.7 Å². The van der Waals surface area contributed by atoms with Gasteiger partial charge in [0.05, 0.1) is 5.69 Å². The molecule has 0 radical (unpaired) electrons. The molecule has 17 heavy (non-hydrogen) atoms. The van der Waals surface area contributed by atoms with Crippen molar-refractivity contribution in [1.29, 1.82) is 0 Å². The molecule has 0 fully saturated rings. The average molecular weight is 234 g/mol. The maximum absolute atomic E-state index is 5.99. The normalized spacial score (nSPS) is 11.4. The summed E-state index contributed by atoms with van der Waals surface area (Å²) in [6, 6.07) is 0. The fraction of sp³-hybridized carbons (Fsp3) is 0.455. The van der Waals surface area contributed by atoms with E-state index in [1.807, 2.05) is 34.0 Å². The van der Waals surface area contributed by atoms with Crippen molar-refractivity contribution in [2.75, 3.05) is 11.6 Å². The lowest BCUT2D eigenvalue weighted by Gasteiger charge is -2.04. The van der Waals surface area contributed by atoms with Crippen LogP contribution in [0, 0.1) is 6.92 Å². The molecule has 0 aromatic carbocycles. The van der Waals surface area contributed by atoms with Gasteiger partial charge in [-0.3, -0.25) is 4.68 Å². The summed E-state index contributed by atoms with van der Waals surface area (Å²) in [7, 11) is 1.87. The van der Waals surface area contributed by atoms with E-state index in [2.05, 4.69) is 10.1 Å². The van der Waals surface area contributed by atoms with E-state index in [0.29, 0.717) is 11.5 Å². The predicted molar refractivity (Wildman–Crippen MR) is 67.8 cm³/mol. The first-order valence-corrected chi connectivity index (χ1v) is 5.55. The third-order valence-corrected chi connectivity index (χ3v) is 2.76. The largest absolute Gasteiger partial charge is 0.382 e. The first-order chi connectivity index (χ1) is 7.91. The number of rotatable bonds is 2. The molecule has 0 aliphatic rings. The minimum absolute atomic E-state index is 0.230. The van der Waals surface area contributed by atoms with Crippen LogP contribution in [0.15, 0.2) is 6.20 Å². The molecule has 0 saturated carbocycles. The Balaban J connectivity index is 2.61. The van der Waals surface area contributed by atoms with Crippen LogP contribution < -0.4 is 11.6 Å². The molecule has 6 heteroatoms. The van der Waals surface area contributed by atoms with Gasteiger partial charge in [0.15, 0.2) is 5.82 Å². The summed E-state index contributed by atoms with van der Waals surface area (Å²) < 4.78 is 3.20. The Bertz CT molecular complexity index is 549. The molecule has 2 aromatic rings. The van der Waals surface area contributed by atoms with Crippen molar-refractivity contribution in [3.8, 4) is 11.3 Å². The summed E-state index contributed by atoms with van der Waals surface area (Å²) in [6.07, 6.45) is 1.90. The number of aromatic nitrogens is 4. The second-order valence-electron chi connectivity index (χ2n) is 4.53. The molecule has 4 N–H and O–H groups in total. The molecule has 2 rings (SSSR count). The van der Waals surface area contributed by atoms with Gasteiger partial charge in [0.2, 0.25) is 0 Å². The Labute approximate surface area is 100 Å². The molecule has 0 bridgehead atoms. The lowest BCUT2D eigenvalue weighted by atomic mass is 10.2. The highest BCUT2D eigenvalue weighted by molar-refractivity contribution is 5.72. The number of anilines is 1. The Morgan fingerprint density at radius 3 is 2.41 bits per heavy atom. The summed E-state index contributed by atoms with van der Waals surface area (Å²) in [4.78, 5) is 4.51. The van der Waals surface area contributed by atoms with Gasteiger partial charge < -0.3 is 11.6 Å². The van der Waals surface area contributed by atoms with Crippen molar-refractivity contribution in [1.82, 2.24) is 19.4 Å². The monoisotopic (exact) mass is 234 g/mol. The predicted octanol–water partition coefficient (Wildman–Crippen LogP) is 1.01. The molecule has 6 nitrogen and oxygen atoms in total. The van der Waals surface area contributed by atoms with E-state index >= 15 is 0 Å². The van der Waals surface area contributed by atoms with E-state index in [1.165, 1.54) is 4.68 Å². The van der Waals surface area contributed by atoms with E-state index in [9.17, 15) is 0 Å². The smallest absolute Gasteiger partial charge is 0.150 e. The molecule has 92 valence electrons. The highest BCUT2D eigenvalue weighted by Gasteiger charge is 2.19. The van der Waals surface area contributed by atoms with Crippen molar-refractivity contribution in [3.05, 3.63) is 17.7 Å². The van der Waals surface area contributed by atoms with Crippen molar-refractivity contribution >= 4 is 5.82 Å². The number of hydrogen-bond donors (Lipinski definition) is 2. The van der Waals surface area contributed by atoms with Gasteiger partial charge in [-0.25, -0.2) is 9.66 Å². The van der Waals surface area contributed by atoms with Gasteiger partial charge >= 0.3 is 0 Å². The molecule has 0 unspecified atom stereocenters. The van der Waals surface area contributed by atoms with Crippen molar-refractivity contribution < 1.29 is 0 Å². The Morgan fingerprint density at radius 2 is 2.00 bits per heavy atom. The van der Waals surface area contributed by atoms with Crippen LogP contribution in [0.2, 0.25) is 0 Å². The SMILES string of the molecule is Cc1nn(C)cc1-c1nc(C(C)C)n(N)c1N. The lowest BCUT2D eigenvalue weighted by Crippen LogP contribution is -2.16. The van der Waals surface area contributed by atoms with Crippen LogP contribution in [-0.4, -0.2) is 19.4 Å². The summed E-state index contributed by atoms with van der Waals surface area (Å²) in [5.41, 5.74) is 8.52. The quantitative estimate of drug-likeness (QED) is 0.759. The summed E-state index contributed by atoms with van der Waals surface area (Å²) in [6.45, 7) is 6.00. The van der Waals surface area contributed by atoms with Crippen LogP contribution in [0.5, 0.6) is 0 Å². The molecule has 0 aliphatic carbocycles. The van der Waals surface area contributed by atoms with Crippen LogP contribution in [0.4, 0.5) is 5.82 Å². The minimum atomic E-state index is 0.230. The summed E-state index contributed by atoms with van der Waals surface area (Å²) >= 11 is 0. The number of nitrogens with two attached hydrogens (primary N) is 2. The second kappa shape index (κ2) is 3.80. The van der Waals surface area contributed by atoms with Gasteiger partial charge in [-0.15, -0.1) is 0 Å². The van der Waals surface area contributed by atoms with Gasteiger partial charge in [-0.1, -0.05) is 13.8 Å². The third-order valence-electron chi connectivity index (χ3n) is 2.76. The zero-order valence-corrected chi connectivity index (χ0v) is 10.6. The molecule has 0 atom stereocenters. The maximum atomic E-state index is 5.99. The average Bonchev–Trinajstić information content (AvgIpc) is 2.70. The van der Waals surface area contributed by atoms with Crippen molar-refractivity contribution in [3.63, 3.8) is 0 Å². The lowest BCUT2D eigenvalue weighted by molar-refractivity contribution is 0.739. The van der Waals surface area contributed by atoms with Crippen molar-refractivity contribution in [2.24, 2.45) is 7.05 Å². The van der Waals surface area contributed by atoms with Gasteiger partial charge in [0.25, 0.3) is 0 Å². The second-order valence-corrected chi connectivity index (χ2v) is 4.53. The van der Waals surface area contributed by atoms with Crippen LogP contribution in [0.1, 0.15) is 31.3 Å². The first kappa shape index (κ1) is 11.5. The number of hydrogen-bond acceptors (Lipinski definition) is 4. The van der Waals surface area contributed by atoms with Gasteiger partial charge in [0, 0.05) is 24.7 Å². The third kappa shape index (κ3) is 1.75. The molecule has 0 spiro atoms. The van der Waals surface area contributed by atoms with Gasteiger partial charge in [0.1, 0.15) is 11.5 Å². The van der Waals surface area contributed by atoms with Crippen LogP contribution in [0.3, 0.4) is 0 Å². The molecular weight excluding hydrogens is 216 g/mol. The van der Waals surface area contributed by atoms with E-state index in [1.54, 1.807) is 4.68 Å². The van der Waals surface area contributed by atoms with Crippen LogP contribution in [-0.2, 0) is 7.05 Å². The number of nitrogens with zero attached hydrogens (tertiary/aromatic N) is 4. The molecule has 2 heterocycles. The minimum Gasteiger partial charge on any atom is -0.382 e. The summed E-state index contributed by atoms with van der Waals surface area (Å²) in [5.74, 6) is 7.39. The van der Waals surface area contributed by atoms with Gasteiger partial charge in [-0.05, 0) is 6.92 Å². The Kier molecular flexibility index (Phi) is 2.57. The Morgan fingerprint density at radius 1 is 1.35 bits per heavy atom. The molecular formula is C11H18N6. The molecule has 2 aromatic heterocycles. The standard InChI is InChI=1S/C11H18N6/c1-6(2)11-14-9(10(12)17(11)13)8-5-16(4)15-7(8)3/h5-6H,12-13H2,1-4H3. The zero-order valence-electron chi connectivity index (χ0n) is 10.6. The Hall–Kier alpha value is -1.98. The molecule has 0 aliphatic heterocycles. The topological polar surface area (TPSA) is 87.7 Å². The van der Waals surface area contributed by atoms with Crippen LogP contribution in [0.25, 0.3) is 11.3 Å².